The number of hydrogen-bond donors (Lipinski definition) is 2. The van der Waals surface area contributed by atoms with Gasteiger partial charge in [0, 0.05) is 6.04 Å². The van der Waals surface area contributed by atoms with Gasteiger partial charge in [0.05, 0.1) is 4.92 Å². The molecule has 0 aliphatic rings. The Hall–Kier alpha value is -1.92. The quantitative estimate of drug-likeness (QED) is 0.547. The van der Waals surface area contributed by atoms with Crippen molar-refractivity contribution >= 4 is 17.3 Å². The summed E-state index contributed by atoms with van der Waals surface area (Å²) in [7, 11) is 0. The van der Waals surface area contributed by atoms with E-state index in [4.69, 9.17) is 5.73 Å². The van der Waals surface area contributed by atoms with Crippen LogP contribution in [-0.2, 0) is 0 Å². The van der Waals surface area contributed by atoms with Crippen LogP contribution in [0.1, 0.15) is 13.8 Å². The van der Waals surface area contributed by atoms with Gasteiger partial charge in [-0.3, -0.25) is 10.1 Å². The van der Waals surface area contributed by atoms with E-state index in [-0.39, 0.29) is 23.4 Å². The standard InChI is InChI=1S/C7H11N5O2/c1-4(2)11-7-5(12(13)14)6(8)9-3-10-7/h3-4H,1-2H3,(H3,8,9,10,11). The maximum atomic E-state index is 10.6. The maximum Gasteiger partial charge on any atom is 0.352 e. The van der Waals surface area contributed by atoms with Crippen LogP contribution < -0.4 is 11.1 Å². The Morgan fingerprint density at radius 2 is 2.21 bits per heavy atom. The van der Waals surface area contributed by atoms with Gasteiger partial charge in [-0.25, -0.2) is 9.97 Å². The Balaban J connectivity index is 3.14. The third-order valence-corrected chi connectivity index (χ3v) is 1.46. The molecule has 0 unspecified atom stereocenters. The van der Waals surface area contributed by atoms with Crippen molar-refractivity contribution in [2.75, 3.05) is 11.1 Å². The summed E-state index contributed by atoms with van der Waals surface area (Å²) in [5, 5.41) is 13.5. The van der Waals surface area contributed by atoms with E-state index in [1.54, 1.807) is 0 Å². The molecular weight excluding hydrogens is 186 g/mol. The molecule has 0 saturated carbocycles. The fraction of sp³-hybridized carbons (Fsp3) is 0.429. The van der Waals surface area contributed by atoms with Crippen LogP contribution in [0.15, 0.2) is 6.33 Å². The van der Waals surface area contributed by atoms with E-state index in [1.807, 2.05) is 13.8 Å². The molecule has 3 N–H and O–H groups in total. The highest BCUT2D eigenvalue weighted by Gasteiger charge is 2.20. The fourth-order valence-electron chi connectivity index (χ4n) is 0.951. The molecule has 1 heterocycles. The first kappa shape index (κ1) is 10.2. The van der Waals surface area contributed by atoms with Crippen molar-refractivity contribution in [1.82, 2.24) is 9.97 Å². The van der Waals surface area contributed by atoms with Crippen LogP contribution in [0.4, 0.5) is 17.3 Å². The van der Waals surface area contributed by atoms with Gasteiger partial charge in [0.15, 0.2) is 0 Å². The monoisotopic (exact) mass is 197 g/mol. The number of nitrogens with zero attached hydrogens (tertiary/aromatic N) is 3. The molecule has 7 nitrogen and oxygen atoms in total. The highest BCUT2D eigenvalue weighted by molar-refractivity contribution is 5.67. The molecule has 1 aromatic heterocycles. The zero-order valence-corrected chi connectivity index (χ0v) is 7.89. The van der Waals surface area contributed by atoms with Gasteiger partial charge >= 0.3 is 5.69 Å². The number of nitrogens with two attached hydrogens (primary N) is 1. The summed E-state index contributed by atoms with van der Waals surface area (Å²) in [6.45, 7) is 3.70. The number of rotatable bonds is 3. The van der Waals surface area contributed by atoms with Crippen LogP contribution in [0.2, 0.25) is 0 Å². The summed E-state index contributed by atoms with van der Waals surface area (Å²) < 4.78 is 0. The largest absolute Gasteiger partial charge is 0.378 e. The minimum absolute atomic E-state index is 0.0444. The summed E-state index contributed by atoms with van der Waals surface area (Å²) in [6.07, 6.45) is 1.19. The topological polar surface area (TPSA) is 107 Å². The van der Waals surface area contributed by atoms with Crippen molar-refractivity contribution < 1.29 is 4.92 Å². The summed E-state index contributed by atoms with van der Waals surface area (Å²) in [4.78, 5) is 17.3. The lowest BCUT2D eigenvalue weighted by Gasteiger charge is -2.08. The van der Waals surface area contributed by atoms with Gasteiger partial charge in [0.1, 0.15) is 6.33 Å². The lowest BCUT2D eigenvalue weighted by atomic mass is 10.3. The molecule has 14 heavy (non-hydrogen) atoms. The molecule has 0 atom stereocenters. The zero-order valence-electron chi connectivity index (χ0n) is 7.89. The second kappa shape index (κ2) is 3.86. The molecule has 76 valence electrons. The Morgan fingerprint density at radius 3 is 2.71 bits per heavy atom. The van der Waals surface area contributed by atoms with Gasteiger partial charge in [-0.2, -0.15) is 0 Å². The Morgan fingerprint density at radius 1 is 1.57 bits per heavy atom. The van der Waals surface area contributed by atoms with Crippen LogP contribution in [0.25, 0.3) is 0 Å². The number of anilines is 2. The number of nitrogens with one attached hydrogen (secondary N) is 1. The average molecular weight is 197 g/mol. The molecule has 0 bridgehead atoms. The number of nitro groups is 1. The first-order chi connectivity index (χ1) is 6.52. The Kier molecular flexibility index (Phi) is 2.80. The molecule has 0 fully saturated rings. The van der Waals surface area contributed by atoms with E-state index in [1.165, 1.54) is 6.33 Å². The lowest BCUT2D eigenvalue weighted by Crippen LogP contribution is -2.14. The van der Waals surface area contributed by atoms with Crippen molar-refractivity contribution in [3.8, 4) is 0 Å². The number of hydrogen-bond acceptors (Lipinski definition) is 6. The molecule has 0 spiro atoms. The van der Waals surface area contributed by atoms with Crippen LogP contribution in [0.5, 0.6) is 0 Å². The lowest BCUT2D eigenvalue weighted by molar-refractivity contribution is -0.383. The molecule has 0 aromatic carbocycles. The Labute approximate surface area is 80.5 Å². The zero-order chi connectivity index (χ0) is 10.7. The van der Waals surface area contributed by atoms with Crippen LogP contribution in [0.3, 0.4) is 0 Å². The Bertz CT molecular complexity index is 352. The van der Waals surface area contributed by atoms with Crippen LogP contribution >= 0.6 is 0 Å². The van der Waals surface area contributed by atoms with Gasteiger partial charge in [-0.15, -0.1) is 0 Å². The van der Waals surface area contributed by atoms with Crippen molar-refractivity contribution in [2.24, 2.45) is 0 Å². The molecule has 0 saturated heterocycles. The van der Waals surface area contributed by atoms with E-state index < -0.39 is 4.92 Å². The van der Waals surface area contributed by atoms with Crippen LogP contribution in [0, 0.1) is 10.1 Å². The minimum Gasteiger partial charge on any atom is -0.378 e. The van der Waals surface area contributed by atoms with Crippen molar-refractivity contribution in [2.45, 2.75) is 19.9 Å². The second-order valence-corrected chi connectivity index (χ2v) is 3.01. The second-order valence-electron chi connectivity index (χ2n) is 3.01. The smallest absolute Gasteiger partial charge is 0.352 e. The van der Waals surface area contributed by atoms with Gasteiger partial charge in [-0.1, -0.05) is 0 Å². The molecule has 0 aliphatic heterocycles. The summed E-state index contributed by atoms with van der Waals surface area (Å²) in [5.74, 6) is 0.0191. The van der Waals surface area contributed by atoms with Gasteiger partial charge in [0.25, 0.3) is 0 Å². The van der Waals surface area contributed by atoms with E-state index in [2.05, 4.69) is 15.3 Å². The third kappa shape index (κ3) is 2.06. The van der Waals surface area contributed by atoms with E-state index in [0.29, 0.717) is 0 Å². The SMILES string of the molecule is CC(C)Nc1ncnc(N)c1[N+](=O)[O-]. The highest BCUT2D eigenvalue weighted by atomic mass is 16.6. The molecular formula is C7H11N5O2. The highest BCUT2D eigenvalue weighted by Crippen LogP contribution is 2.26. The van der Waals surface area contributed by atoms with E-state index in [0.717, 1.165) is 0 Å². The van der Waals surface area contributed by atoms with Crippen molar-refractivity contribution in [1.29, 1.82) is 0 Å². The molecule has 7 heteroatoms. The summed E-state index contributed by atoms with van der Waals surface area (Å²) in [5.41, 5.74) is 5.09. The molecule has 1 rings (SSSR count). The van der Waals surface area contributed by atoms with E-state index >= 15 is 0 Å². The molecule has 0 aliphatic carbocycles. The minimum atomic E-state index is -0.597. The third-order valence-electron chi connectivity index (χ3n) is 1.46. The van der Waals surface area contributed by atoms with Crippen molar-refractivity contribution in [3.63, 3.8) is 0 Å². The number of aromatic nitrogens is 2. The molecule has 0 radical (unpaired) electrons. The normalized spacial score (nSPS) is 10.2. The fourth-order valence-corrected chi connectivity index (χ4v) is 0.951. The van der Waals surface area contributed by atoms with Gasteiger partial charge in [0.2, 0.25) is 11.6 Å². The van der Waals surface area contributed by atoms with Gasteiger partial charge < -0.3 is 11.1 Å². The average Bonchev–Trinajstić information content (AvgIpc) is 2.01. The first-order valence-corrected chi connectivity index (χ1v) is 4.03. The van der Waals surface area contributed by atoms with Crippen molar-refractivity contribution in [3.05, 3.63) is 16.4 Å². The summed E-state index contributed by atoms with van der Waals surface area (Å²) >= 11 is 0. The predicted octanol–water partition coefficient (Wildman–Crippen LogP) is 0.787. The maximum absolute atomic E-state index is 10.6. The summed E-state index contributed by atoms with van der Waals surface area (Å²) in [6, 6.07) is 0.0444. The predicted molar refractivity (Wildman–Crippen MR) is 51.9 cm³/mol. The van der Waals surface area contributed by atoms with Crippen LogP contribution in [-0.4, -0.2) is 20.9 Å². The first-order valence-electron chi connectivity index (χ1n) is 4.03. The molecule has 0 amide bonds. The molecule has 1 aromatic rings. The van der Waals surface area contributed by atoms with Gasteiger partial charge in [-0.05, 0) is 13.8 Å². The van der Waals surface area contributed by atoms with E-state index in [9.17, 15) is 10.1 Å². The number of nitrogen functional groups attached to an aromatic ring is 1.